The number of nitrogens with zero attached hydrogens (tertiary/aromatic N) is 5. The molecule has 0 amide bonds. The minimum atomic E-state index is 0.367. The Morgan fingerprint density at radius 2 is 1.88 bits per heavy atom. The van der Waals surface area contributed by atoms with Gasteiger partial charge in [0.05, 0.1) is 5.69 Å². The first-order chi connectivity index (χ1) is 12.0. The SMILES string of the molecule is Cc1cnc(N2CC[C@@]3(CCCN(Cc4c(C)noc4C)C3)C2)nc1. The van der Waals surface area contributed by atoms with Crippen LogP contribution in [0.3, 0.4) is 0 Å². The first kappa shape index (κ1) is 16.5. The van der Waals surface area contributed by atoms with Crippen LogP contribution in [-0.4, -0.2) is 46.2 Å². The van der Waals surface area contributed by atoms with Gasteiger partial charge < -0.3 is 9.42 Å². The molecular formula is C19H27N5O. The average molecular weight is 341 g/mol. The van der Waals surface area contributed by atoms with Crippen LogP contribution in [0.15, 0.2) is 16.9 Å². The van der Waals surface area contributed by atoms with Crippen LogP contribution in [-0.2, 0) is 6.54 Å². The summed E-state index contributed by atoms with van der Waals surface area (Å²) in [6, 6.07) is 0. The Balaban J connectivity index is 1.45. The molecule has 2 saturated heterocycles. The lowest BCUT2D eigenvalue weighted by Crippen LogP contribution is -2.44. The molecule has 25 heavy (non-hydrogen) atoms. The average Bonchev–Trinajstić information content (AvgIpc) is 3.14. The van der Waals surface area contributed by atoms with Crippen molar-refractivity contribution in [3.8, 4) is 0 Å². The third-order valence-electron chi connectivity index (χ3n) is 5.79. The molecule has 2 fully saturated rings. The van der Waals surface area contributed by atoms with Crippen molar-refractivity contribution in [2.24, 2.45) is 5.41 Å². The van der Waals surface area contributed by atoms with E-state index in [2.05, 4.69) is 24.9 Å². The van der Waals surface area contributed by atoms with Gasteiger partial charge in [-0.15, -0.1) is 0 Å². The van der Waals surface area contributed by atoms with Crippen LogP contribution in [0.2, 0.25) is 0 Å². The van der Waals surface area contributed by atoms with Gasteiger partial charge in [-0.25, -0.2) is 9.97 Å². The number of piperidine rings is 1. The van der Waals surface area contributed by atoms with Gasteiger partial charge in [0.1, 0.15) is 5.76 Å². The Morgan fingerprint density at radius 3 is 2.60 bits per heavy atom. The second-order valence-electron chi connectivity index (χ2n) is 7.85. The minimum absolute atomic E-state index is 0.367. The molecular weight excluding hydrogens is 314 g/mol. The summed E-state index contributed by atoms with van der Waals surface area (Å²) in [6.45, 7) is 11.5. The third-order valence-corrected chi connectivity index (χ3v) is 5.79. The van der Waals surface area contributed by atoms with Crippen molar-refractivity contribution < 1.29 is 4.52 Å². The number of likely N-dealkylation sites (tertiary alicyclic amines) is 1. The summed E-state index contributed by atoms with van der Waals surface area (Å²) in [5.74, 6) is 1.84. The second kappa shape index (κ2) is 6.41. The third kappa shape index (κ3) is 3.27. The zero-order valence-corrected chi connectivity index (χ0v) is 15.5. The number of rotatable bonds is 3. The fourth-order valence-electron chi connectivity index (χ4n) is 4.38. The van der Waals surface area contributed by atoms with Crippen LogP contribution in [0.1, 0.15) is 41.8 Å². The zero-order chi connectivity index (χ0) is 17.4. The monoisotopic (exact) mass is 341 g/mol. The highest BCUT2D eigenvalue weighted by atomic mass is 16.5. The predicted molar refractivity (Wildman–Crippen MR) is 96.5 cm³/mol. The Kier molecular flexibility index (Phi) is 4.23. The molecule has 0 bridgehead atoms. The number of hydrogen-bond donors (Lipinski definition) is 0. The largest absolute Gasteiger partial charge is 0.361 e. The summed E-state index contributed by atoms with van der Waals surface area (Å²) < 4.78 is 5.34. The summed E-state index contributed by atoms with van der Waals surface area (Å²) in [5, 5.41) is 4.10. The fraction of sp³-hybridized carbons (Fsp3) is 0.632. The minimum Gasteiger partial charge on any atom is -0.361 e. The molecule has 0 saturated carbocycles. The molecule has 6 heteroatoms. The van der Waals surface area contributed by atoms with Gasteiger partial charge in [0.25, 0.3) is 0 Å². The van der Waals surface area contributed by atoms with E-state index >= 15 is 0 Å². The van der Waals surface area contributed by atoms with Crippen molar-refractivity contribution in [1.82, 2.24) is 20.0 Å². The topological polar surface area (TPSA) is 58.3 Å². The van der Waals surface area contributed by atoms with E-state index in [1.165, 1.54) is 24.8 Å². The van der Waals surface area contributed by atoms with Gasteiger partial charge in [-0.2, -0.15) is 0 Å². The molecule has 134 valence electrons. The van der Waals surface area contributed by atoms with Gasteiger partial charge in [-0.1, -0.05) is 5.16 Å². The van der Waals surface area contributed by atoms with E-state index in [9.17, 15) is 0 Å². The van der Waals surface area contributed by atoms with E-state index in [1.54, 1.807) is 0 Å². The molecule has 2 aromatic heterocycles. The van der Waals surface area contributed by atoms with Gasteiger partial charge in [0.15, 0.2) is 0 Å². The molecule has 0 radical (unpaired) electrons. The molecule has 0 unspecified atom stereocenters. The van der Waals surface area contributed by atoms with E-state index < -0.39 is 0 Å². The maximum atomic E-state index is 5.34. The van der Waals surface area contributed by atoms with Gasteiger partial charge in [0, 0.05) is 49.6 Å². The molecule has 2 aromatic rings. The zero-order valence-electron chi connectivity index (χ0n) is 15.5. The smallest absolute Gasteiger partial charge is 0.225 e. The Labute approximate surface area is 149 Å². The van der Waals surface area contributed by atoms with Crippen LogP contribution in [0.25, 0.3) is 0 Å². The summed E-state index contributed by atoms with van der Waals surface area (Å²) >= 11 is 0. The van der Waals surface area contributed by atoms with E-state index in [0.29, 0.717) is 5.41 Å². The van der Waals surface area contributed by atoms with E-state index in [-0.39, 0.29) is 0 Å². The Hall–Kier alpha value is -1.95. The molecule has 0 aliphatic carbocycles. The van der Waals surface area contributed by atoms with Gasteiger partial charge >= 0.3 is 0 Å². The maximum absolute atomic E-state index is 5.34. The quantitative estimate of drug-likeness (QED) is 0.855. The summed E-state index contributed by atoms with van der Waals surface area (Å²) in [6.07, 6.45) is 7.61. The van der Waals surface area contributed by atoms with E-state index in [0.717, 1.165) is 55.7 Å². The lowest BCUT2D eigenvalue weighted by molar-refractivity contribution is 0.0986. The van der Waals surface area contributed by atoms with Gasteiger partial charge in [-0.3, -0.25) is 4.90 Å². The number of aromatic nitrogens is 3. The van der Waals surface area contributed by atoms with E-state index in [1.807, 2.05) is 33.2 Å². The molecule has 1 spiro atoms. The Bertz CT molecular complexity index is 721. The second-order valence-corrected chi connectivity index (χ2v) is 7.85. The Morgan fingerprint density at radius 1 is 1.08 bits per heavy atom. The van der Waals surface area contributed by atoms with Crippen molar-refractivity contribution in [2.75, 3.05) is 31.1 Å². The number of aryl methyl sites for hydroxylation is 3. The predicted octanol–water partition coefficient (Wildman–Crippen LogP) is 2.88. The molecule has 4 rings (SSSR count). The van der Waals surface area contributed by atoms with Crippen LogP contribution >= 0.6 is 0 Å². The lowest BCUT2D eigenvalue weighted by Gasteiger charge is -2.40. The number of anilines is 1. The fourth-order valence-corrected chi connectivity index (χ4v) is 4.38. The van der Waals surface area contributed by atoms with Crippen molar-refractivity contribution >= 4 is 5.95 Å². The normalized spacial score (nSPS) is 24.4. The van der Waals surface area contributed by atoms with Gasteiger partial charge in [0.2, 0.25) is 5.95 Å². The lowest BCUT2D eigenvalue weighted by atomic mass is 9.79. The first-order valence-corrected chi connectivity index (χ1v) is 9.22. The van der Waals surface area contributed by atoms with Crippen LogP contribution in [0, 0.1) is 26.2 Å². The van der Waals surface area contributed by atoms with Crippen molar-refractivity contribution in [3.63, 3.8) is 0 Å². The maximum Gasteiger partial charge on any atom is 0.225 e. The van der Waals surface area contributed by atoms with Crippen LogP contribution in [0.5, 0.6) is 0 Å². The molecule has 2 aliphatic rings. The van der Waals surface area contributed by atoms with Gasteiger partial charge in [-0.05, 0) is 52.1 Å². The van der Waals surface area contributed by atoms with Crippen LogP contribution in [0.4, 0.5) is 5.95 Å². The molecule has 0 N–H and O–H groups in total. The molecule has 4 heterocycles. The number of hydrogen-bond acceptors (Lipinski definition) is 6. The molecule has 6 nitrogen and oxygen atoms in total. The highest BCUT2D eigenvalue weighted by molar-refractivity contribution is 5.33. The molecule has 1 atom stereocenters. The highest BCUT2D eigenvalue weighted by Gasteiger charge is 2.42. The highest BCUT2D eigenvalue weighted by Crippen LogP contribution is 2.40. The summed E-state index contributed by atoms with van der Waals surface area (Å²) in [4.78, 5) is 14.0. The first-order valence-electron chi connectivity index (χ1n) is 9.22. The van der Waals surface area contributed by atoms with Crippen molar-refractivity contribution in [3.05, 3.63) is 35.0 Å². The van der Waals surface area contributed by atoms with E-state index in [4.69, 9.17) is 4.52 Å². The standard InChI is InChI=1S/C19H27N5O/c1-14-9-20-18(21-10-14)24-8-6-19(13-24)5-4-7-23(12-19)11-17-15(2)22-25-16(17)3/h9-10H,4-8,11-13H2,1-3H3/t19-/m1/s1. The van der Waals surface area contributed by atoms with Crippen LogP contribution < -0.4 is 4.90 Å². The molecule has 2 aliphatic heterocycles. The van der Waals surface area contributed by atoms with Crippen molar-refractivity contribution in [2.45, 2.75) is 46.6 Å². The summed E-state index contributed by atoms with van der Waals surface area (Å²) in [5.41, 5.74) is 3.76. The molecule has 0 aromatic carbocycles. The van der Waals surface area contributed by atoms with Crippen molar-refractivity contribution in [1.29, 1.82) is 0 Å². The summed E-state index contributed by atoms with van der Waals surface area (Å²) in [7, 11) is 0.